The number of aromatic amines is 1. The lowest BCUT2D eigenvalue weighted by Crippen LogP contribution is -2.50. The largest absolute Gasteiger partial charge is 0.388 e. The summed E-state index contributed by atoms with van der Waals surface area (Å²) >= 11 is 12.5. The van der Waals surface area contributed by atoms with Crippen LogP contribution in [0.3, 0.4) is 0 Å². The Hall–Kier alpha value is -1.93. The van der Waals surface area contributed by atoms with Gasteiger partial charge in [0.15, 0.2) is 0 Å². The molecule has 2 aromatic heterocycles. The van der Waals surface area contributed by atoms with Crippen molar-refractivity contribution in [2.24, 2.45) is 0 Å². The molecule has 0 atom stereocenters. The van der Waals surface area contributed by atoms with E-state index < -0.39 is 5.60 Å². The zero-order valence-corrected chi connectivity index (χ0v) is 17.1. The maximum Gasteiger partial charge on any atom is 0.202 e. The van der Waals surface area contributed by atoms with Gasteiger partial charge in [0.1, 0.15) is 11.3 Å². The van der Waals surface area contributed by atoms with E-state index in [-0.39, 0.29) is 0 Å². The number of aromatic nitrogens is 4. The smallest absolute Gasteiger partial charge is 0.202 e. The van der Waals surface area contributed by atoms with Crippen molar-refractivity contribution in [3.05, 3.63) is 34.4 Å². The highest BCUT2D eigenvalue weighted by Crippen LogP contribution is 2.35. The van der Waals surface area contributed by atoms with E-state index >= 15 is 0 Å². The van der Waals surface area contributed by atoms with Crippen LogP contribution in [0.4, 0.5) is 5.82 Å². The number of hydrogen-bond donors (Lipinski definition) is 3. The summed E-state index contributed by atoms with van der Waals surface area (Å²) < 4.78 is 0. The van der Waals surface area contributed by atoms with Crippen molar-refractivity contribution in [3.8, 4) is 11.3 Å². The molecule has 9 heteroatoms. The lowest BCUT2D eigenvalue weighted by molar-refractivity contribution is 0.0171. The number of likely N-dealkylation sites (N-methyl/N-ethyl adjacent to an activating group) is 1. The second-order valence-corrected chi connectivity index (χ2v) is 7.88. The molecule has 0 spiro atoms. The molecule has 1 fully saturated rings. The minimum absolute atomic E-state index is 0.455. The van der Waals surface area contributed by atoms with Crippen molar-refractivity contribution < 1.29 is 5.11 Å². The number of nitrogens with one attached hydrogen (secondary N) is 2. The van der Waals surface area contributed by atoms with Crippen LogP contribution in [0.5, 0.6) is 0 Å². The van der Waals surface area contributed by atoms with Crippen LogP contribution in [0.2, 0.25) is 10.0 Å². The molecule has 0 aliphatic carbocycles. The summed E-state index contributed by atoms with van der Waals surface area (Å²) in [6, 6.07) is 5.44. The van der Waals surface area contributed by atoms with Crippen LogP contribution in [0.1, 0.15) is 19.8 Å². The van der Waals surface area contributed by atoms with Crippen molar-refractivity contribution in [1.82, 2.24) is 25.5 Å². The molecule has 0 saturated carbocycles. The molecule has 0 radical (unpaired) electrons. The Balaban J connectivity index is 1.56. The monoisotopic (exact) mass is 420 g/mol. The van der Waals surface area contributed by atoms with Crippen LogP contribution < -0.4 is 10.2 Å². The van der Waals surface area contributed by atoms with Crippen molar-refractivity contribution >= 4 is 40.2 Å². The second-order valence-electron chi connectivity index (χ2n) is 7.09. The van der Waals surface area contributed by atoms with Gasteiger partial charge in [0.05, 0.1) is 27.5 Å². The van der Waals surface area contributed by atoms with Gasteiger partial charge in [0.25, 0.3) is 0 Å². The van der Waals surface area contributed by atoms with Gasteiger partial charge in [0, 0.05) is 25.2 Å². The van der Waals surface area contributed by atoms with E-state index in [1.54, 1.807) is 12.3 Å². The van der Waals surface area contributed by atoms with Crippen molar-refractivity contribution in [2.75, 3.05) is 31.1 Å². The third-order valence-electron chi connectivity index (χ3n) is 5.19. The average Bonchev–Trinajstić information content (AvgIpc) is 3.12. The molecule has 148 valence electrons. The molecule has 3 aromatic rings. The van der Waals surface area contributed by atoms with Gasteiger partial charge in [-0.3, -0.25) is 5.10 Å². The number of nitrogens with zero attached hydrogens (tertiary/aromatic N) is 4. The molecular formula is C19H22Cl2N6O. The van der Waals surface area contributed by atoms with Crippen molar-refractivity contribution in [1.29, 1.82) is 0 Å². The van der Waals surface area contributed by atoms with E-state index in [4.69, 9.17) is 23.2 Å². The number of halogens is 2. The molecule has 1 saturated heterocycles. The zero-order valence-electron chi connectivity index (χ0n) is 15.5. The molecule has 4 rings (SSSR count). The van der Waals surface area contributed by atoms with E-state index in [1.165, 1.54) is 0 Å². The molecule has 0 bridgehead atoms. The first-order valence-electron chi connectivity index (χ1n) is 9.34. The average molecular weight is 421 g/mol. The summed E-state index contributed by atoms with van der Waals surface area (Å²) in [5.41, 5.74) is 1.95. The number of fused-ring (bicyclic) bond motifs is 1. The zero-order chi connectivity index (χ0) is 19.7. The minimum atomic E-state index is -0.660. The van der Waals surface area contributed by atoms with Gasteiger partial charge < -0.3 is 15.3 Å². The van der Waals surface area contributed by atoms with Crippen LogP contribution in [-0.4, -0.2) is 57.1 Å². The Bertz CT molecular complexity index is 984. The van der Waals surface area contributed by atoms with Gasteiger partial charge in [-0.05, 0) is 25.5 Å². The van der Waals surface area contributed by atoms with Crippen LogP contribution in [-0.2, 0) is 0 Å². The van der Waals surface area contributed by atoms with Crippen LogP contribution in [0.25, 0.3) is 22.4 Å². The Labute approximate surface area is 173 Å². The predicted molar refractivity (Wildman–Crippen MR) is 112 cm³/mol. The van der Waals surface area contributed by atoms with Gasteiger partial charge in [-0.2, -0.15) is 5.10 Å². The quantitative estimate of drug-likeness (QED) is 0.586. The molecule has 7 nitrogen and oxygen atoms in total. The Kier molecular flexibility index (Phi) is 5.42. The molecule has 0 amide bonds. The van der Waals surface area contributed by atoms with Gasteiger partial charge in [-0.15, -0.1) is 0 Å². The van der Waals surface area contributed by atoms with Gasteiger partial charge >= 0.3 is 0 Å². The van der Waals surface area contributed by atoms with Crippen LogP contribution >= 0.6 is 23.2 Å². The molecule has 3 N–H and O–H groups in total. The first-order valence-corrected chi connectivity index (χ1v) is 10.1. The summed E-state index contributed by atoms with van der Waals surface area (Å²) in [4.78, 5) is 11.4. The summed E-state index contributed by atoms with van der Waals surface area (Å²) in [5.74, 6) is 0.758. The summed E-state index contributed by atoms with van der Waals surface area (Å²) in [5, 5.41) is 22.1. The normalized spacial score (nSPS) is 16.6. The standard InChI is InChI=1S/C19H22Cl2N6O/c1-2-22-11-19(28)6-8-27(9-7-19)14-10-23-17-16(25-26-18(17)24-14)12-4-3-5-13(20)15(12)21/h3-5,10,22,28H,2,6-9,11H2,1H3,(H,24,25,26). The number of rotatable bonds is 5. The SMILES string of the molecule is CCNCC1(O)CCN(c2cnc3c(-c4cccc(Cl)c4Cl)[nH]nc3n2)CC1. The van der Waals surface area contributed by atoms with Crippen molar-refractivity contribution in [3.63, 3.8) is 0 Å². The topological polar surface area (TPSA) is 90.0 Å². The summed E-state index contributed by atoms with van der Waals surface area (Å²) in [6.45, 7) is 4.95. The lowest BCUT2D eigenvalue weighted by Gasteiger charge is -2.38. The van der Waals surface area contributed by atoms with Gasteiger partial charge in [-0.25, -0.2) is 9.97 Å². The highest BCUT2D eigenvalue weighted by Gasteiger charge is 2.32. The van der Waals surface area contributed by atoms with E-state index in [0.29, 0.717) is 46.3 Å². The fourth-order valence-electron chi connectivity index (χ4n) is 3.51. The van der Waals surface area contributed by atoms with Crippen LogP contribution in [0.15, 0.2) is 24.4 Å². The van der Waals surface area contributed by atoms with E-state index in [0.717, 1.165) is 31.0 Å². The molecule has 3 heterocycles. The molecule has 0 unspecified atom stereocenters. The molecular weight excluding hydrogens is 399 g/mol. The maximum absolute atomic E-state index is 10.7. The number of benzene rings is 1. The van der Waals surface area contributed by atoms with E-state index in [2.05, 4.69) is 30.4 Å². The maximum atomic E-state index is 10.7. The minimum Gasteiger partial charge on any atom is -0.388 e. The number of aliphatic hydroxyl groups is 1. The van der Waals surface area contributed by atoms with Gasteiger partial charge in [-0.1, -0.05) is 42.3 Å². The second kappa shape index (κ2) is 7.83. The molecule has 1 aromatic carbocycles. The number of hydrogen-bond acceptors (Lipinski definition) is 6. The van der Waals surface area contributed by atoms with E-state index in [1.807, 2.05) is 19.1 Å². The van der Waals surface area contributed by atoms with Crippen molar-refractivity contribution in [2.45, 2.75) is 25.4 Å². The first-order chi connectivity index (χ1) is 13.5. The first kappa shape index (κ1) is 19.4. The predicted octanol–water partition coefficient (Wildman–Crippen LogP) is 3.27. The summed E-state index contributed by atoms with van der Waals surface area (Å²) in [6.07, 6.45) is 3.11. The Morgan fingerprint density at radius 3 is 2.82 bits per heavy atom. The highest BCUT2D eigenvalue weighted by atomic mass is 35.5. The fraction of sp³-hybridized carbons (Fsp3) is 0.421. The number of H-pyrrole nitrogens is 1. The highest BCUT2D eigenvalue weighted by molar-refractivity contribution is 6.43. The van der Waals surface area contributed by atoms with Crippen LogP contribution in [0, 0.1) is 0 Å². The number of anilines is 1. The molecule has 1 aliphatic rings. The molecule has 1 aliphatic heterocycles. The van der Waals surface area contributed by atoms with E-state index in [9.17, 15) is 5.11 Å². The van der Waals surface area contributed by atoms with Gasteiger partial charge in [0.2, 0.25) is 5.65 Å². The molecule has 28 heavy (non-hydrogen) atoms. The third-order valence-corrected chi connectivity index (χ3v) is 6.01. The Morgan fingerprint density at radius 1 is 1.29 bits per heavy atom. The summed E-state index contributed by atoms with van der Waals surface area (Å²) in [7, 11) is 0. The fourth-order valence-corrected chi connectivity index (χ4v) is 3.90. The third kappa shape index (κ3) is 3.67. The Morgan fingerprint density at radius 2 is 2.07 bits per heavy atom. The number of piperidine rings is 1. The lowest BCUT2D eigenvalue weighted by atomic mass is 9.91.